The van der Waals surface area contributed by atoms with E-state index >= 15 is 0 Å². The van der Waals surface area contributed by atoms with Crippen molar-refractivity contribution in [2.75, 3.05) is 5.32 Å². The minimum absolute atomic E-state index is 0. The number of carbonyl (C=O) groups excluding carboxylic acids is 1. The Kier molecular flexibility index (Phi) is 8.84. The molecule has 116 valence electrons. The molecule has 0 aliphatic heterocycles. The number of carboxylic acid groups (broad SMARTS) is 1. The molecule has 0 radical (unpaired) electrons. The van der Waals surface area contributed by atoms with Crippen LogP contribution in [-0.2, 0) is 11.2 Å². The third-order valence-electron chi connectivity index (χ3n) is 3.53. The zero-order chi connectivity index (χ0) is 15.8. The Morgan fingerprint density at radius 2 is 1.83 bits per heavy atom. The van der Waals surface area contributed by atoms with E-state index in [2.05, 4.69) is 27.4 Å². The molecule has 5 nitrogen and oxygen atoms in total. The third-order valence-corrected chi connectivity index (χ3v) is 3.53. The van der Waals surface area contributed by atoms with Crippen molar-refractivity contribution in [2.24, 2.45) is 5.92 Å². The van der Waals surface area contributed by atoms with Gasteiger partial charge in [0.2, 0.25) is 5.95 Å². The van der Waals surface area contributed by atoms with Crippen molar-refractivity contribution in [2.45, 2.75) is 32.6 Å². The maximum atomic E-state index is 10.6. The summed E-state index contributed by atoms with van der Waals surface area (Å²) in [5.74, 6) is -0.748. The van der Waals surface area contributed by atoms with E-state index in [1.165, 1.54) is 5.56 Å². The largest absolute Gasteiger partial charge is 1.00 e. The van der Waals surface area contributed by atoms with Crippen LogP contribution in [0.2, 0.25) is 0 Å². The first-order valence-corrected chi connectivity index (χ1v) is 7.49. The molecule has 2 aromatic rings. The number of carbonyl (C=O) groups is 1. The number of hydrogen-bond acceptors (Lipinski definition) is 5. The van der Waals surface area contributed by atoms with E-state index < -0.39 is 5.97 Å². The number of nitrogens with zero attached hydrogens (tertiary/aromatic N) is 2. The van der Waals surface area contributed by atoms with E-state index in [0.717, 1.165) is 24.9 Å². The molecule has 0 saturated heterocycles. The van der Waals surface area contributed by atoms with E-state index in [-0.39, 0.29) is 35.5 Å². The van der Waals surface area contributed by atoms with E-state index in [4.69, 9.17) is 0 Å². The second-order valence-corrected chi connectivity index (χ2v) is 5.36. The van der Waals surface area contributed by atoms with Gasteiger partial charge in [-0.15, -0.1) is 0 Å². The minimum Gasteiger partial charge on any atom is -0.550 e. The molecule has 0 bridgehead atoms. The van der Waals surface area contributed by atoms with Gasteiger partial charge in [-0.05, 0) is 48.9 Å². The molecule has 0 aliphatic rings. The Hall–Kier alpha value is -1.43. The van der Waals surface area contributed by atoms with Crippen molar-refractivity contribution in [1.29, 1.82) is 0 Å². The van der Waals surface area contributed by atoms with Crippen molar-refractivity contribution in [3.8, 4) is 0 Å². The molecule has 0 saturated carbocycles. The molecule has 0 spiro atoms. The molecule has 1 heterocycles. The summed E-state index contributed by atoms with van der Waals surface area (Å²) in [6.45, 7) is 1.70. The summed E-state index contributed by atoms with van der Waals surface area (Å²) in [6, 6.07) is 9.89. The number of benzene rings is 1. The third kappa shape index (κ3) is 7.12. The summed E-state index contributed by atoms with van der Waals surface area (Å²) in [5, 5.41) is 13.8. The van der Waals surface area contributed by atoms with E-state index in [1.807, 2.05) is 12.1 Å². The molecule has 1 N–H and O–H groups in total. The number of carboxylic acids is 1. The molecule has 0 fully saturated rings. The molecule has 23 heavy (non-hydrogen) atoms. The quantitative estimate of drug-likeness (QED) is 0.515. The standard InChI is InChI=1S/C17H21N3O2.Na/c1-13(16(21)22)5-2-3-6-14-7-9-15(10-8-14)20-17-18-11-4-12-19-17;/h4,7-13H,2-3,5-6H2,1H3,(H,21,22)(H,18,19,20);/q;+1/p-1. The van der Waals surface area contributed by atoms with E-state index in [9.17, 15) is 9.90 Å². The van der Waals surface area contributed by atoms with E-state index in [1.54, 1.807) is 25.4 Å². The molecule has 1 unspecified atom stereocenters. The van der Waals surface area contributed by atoms with E-state index in [0.29, 0.717) is 12.4 Å². The number of aryl methyl sites for hydroxylation is 1. The first-order valence-electron chi connectivity index (χ1n) is 7.49. The Labute approximate surface area is 158 Å². The number of aliphatic carboxylic acids is 1. The van der Waals surface area contributed by atoms with Crippen LogP contribution in [0.1, 0.15) is 31.7 Å². The van der Waals surface area contributed by atoms with Crippen LogP contribution < -0.4 is 40.0 Å². The molecule has 0 amide bonds. The average Bonchev–Trinajstić information content (AvgIpc) is 2.53. The molecule has 1 aromatic carbocycles. The first kappa shape index (κ1) is 19.6. The smallest absolute Gasteiger partial charge is 0.550 e. The van der Waals surface area contributed by atoms with Crippen LogP contribution in [0.4, 0.5) is 11.6 Å². The maximum absolute atomic E-state index is 10.6. The second kappa shape index (κ2) is 10.4. The average molecular weight is 321 g/mol. The van der Waals surface area contributed by atoms with Crippen LogP contribution in [0.3, 0.4) is 0 Å². The summed E-state index contributed by atoms with van der Waals surface area (Å²) in [7, 11) is 0. The van der Waals surface area contributed by atoms with Gasteiger partial charge in [0.15, 0.2) is 0 Å². The van der Waals surface area contributed by atoms with Crippen LogP contribution in [0, 0.1) is 5.92 Å². The normalized spacial score (nSPS) is 11.3. The van der Waals surface area contributed by atoms with Crippen molar-refractivity contribution >= 4 is 17.6 Å². The van der Waals surface area contributed by atoms with Gasteiger partial charge in [-0.1, -0.05) is 25.5 Å². The predicted octanol–water partition coefficient (Wildman–Crippen LogP) is -0.677. The minimum atomic E-state index is -0.960. The van der Waals surface area contributed by atoms with Crippen LogP contribution in [0.25, 0.3) is 0 Å². The predicted molar refractivity (Wildman–Crippen MR) is 83.5 cm³/mol. The zero-order valence-electron chi connectivity index (χ0n) is 13.7. The Balaban J connectivity index is 0.00000264. The van der Waals surface area contributed by atoms with Gasteiger partial charge in [-0.3, -0.25) is 0 Å². The summed E-state index contributed by atoms with van der Waals surface area (Å²) in [4.78, 5) is 18.8. The Morgan fingerprint density at radius 1 is 1.17 bits per heavy atom. The van der Waals surface area contributed by atoms with Crippen LogP contribution in [0.5, 0.6) is 0 Å². The zero-order valence-corrected chi connectivity index (χ0v) is 15.7. The van der Waals surface area contributed by atoms with Gasteiger partial charge in [0, 0.05) is 24.1 Å². The van der Waals surface area contributed by atoms with Gasteiger partial charge >= 0.3 is 29.6 Å². The number of hydrogen-bond donors (Lipinski definition) is 1. The molecule has 6 heteroatoms. The van der Waals surface area contributed by atoms with Crippen molar-refractivity contribution in [1.82, 2.24) is 9.97 Å². The maximum Gasteiger partial charge on any atom is 1.00 e. The number of aromatic nitrogens is 2. The topological polar surface area (TPSA) is 77.9 Å². The second-order valence-electron chi connectivity index (χ2n) is 5.36. The van der Waals surface area contributed by atoms with Crippen molar-refractivity contribution in [3.63, 3.8) is 0 Å². The number of nitrogens with one attached hydrogen (secondary N) is 1. The fourth-order valence-electron chi connectivity index (χ4n) is 2.14. The van der Waals surface area contributed by atoms with Gasteiger partial charge in [-0.25, -0.2) is 9.97 Å². The van der Waals surface area contributed by atoms with Gasteiger partial charge in [0.25, 0.3) is 0 Å². The molecule has 0 aliphatic carbocycles. The summed E-state index contributed by atoms with van der Waals surface area (Å²) in [5.41, 5.74) is 2.18. The van der Waals surface area contributed by atoms with Gasteiger partial charge < -0.3 is 15.2 Å². The van der Waals surface area contributed by atoms with Gasteiger partial charge in [-0.2, -0.15) is 0 Å². The van der Waals surface area contributed by atoms with Crippen LogP contribution in [0.15, 0.2) is 42.7 Å². The number of unbranched alkanes of at least 4 members (excludes halogenated alkanes) is 1. The molecular weight excluding hydrogens is 301 g/mol. The van der Waals surface area contributed by atoms with Crippen LogP contribution >= 0.6 is 0 Å². The molecule has 1 aromatic heterocycles. The Bertz CT molecular complexity index is 591. The summed E-state index contributed by atoms with van der Waals surface area (Å²) >= 11 is 0. The number of rotatable bonds is 8. The fraction of sp³-hybridized carbons (Fsp3) is 0.353. The monoisotopic (exact) mass is 321 g/mol. The van der Waals surface area contributed by atoms with Crippen molar-refractivity contribution < 1.29 is 39.5 Å². The Morgan fingerprint density at radius 3 is 2.43 bits per heavy atom. The molecule has 2 rings (SSSR count). The summed E-state index contributed by atoms with van der Waals surface area (Å²) < 4.78 is 0. The SMILES string of the molecule is CC(CCCCc1ccc(Nc2ncccn2)cc1)C(=O)[O-].[Na+]. The summed E-state index contributed by atoms with van der Waals surface area (Å²) in [6.07, 6.45) is 6.88. The number of anilines is 2. The van der Waals surface area contributed by atoms with Gasteiger partial charge in [0.1, 0.15) is 0 Å². The fourth-order valence-corrected chi connectivity index (χ4v) is 2.14. The van der Waals surface area contributed by atoms with Crippen LogP contribution in [-0.4, -0.2) is 15.9 Å². The molecule has 1 atom stereocenters. The van der Waals surface area contributed by atoms with Crippen molar-refractivity contribution in [3.05, 3.63) is 48.3 Å². The first-order chi connectivity index (χ1) is 10.6. The molecular formula is C17H20N3NaO2. The van der Waals surface area contributed by atoms with Gasteiger partial charge in [0.05, 0.1) is 0 Å².